The molecule has 0 aliphatic heterocycles. The number of aryl methyl sites for hydroxylation is 2. The highest BCUT2D eigenvalue weighted by molar-refractivity contribution is 6.30. The zero-order valence-corrected chi connectivity index (χ0v) is 12.3. The molecule has 5 heteroatoms. The molecule has 0 aliphatic carbocycles. The third kappa shape index (κ3) is 3.33. The molecule has 2 aromatic rings. The Morgan fingerprint density at radius 3 is 2.74 bits per heavy atom. The normalized spacial score (nSPS) is 10.9. The Morgan fingerprint density at radius 2 is 2.11 bits per heavy atom. The minimum atomic E-state index is 0.710. The third-order valence-electron chi connectivity index (χ3n) is 2.89. The molecule has 0 bridgehead atoms. The second kappa shape index (κ2) is 6.17. The summed E-state index contributed by atoms with van der Waals surface area (Å²) in [5.74, 6) is 1.64. The maximum Gasteiger partial charge on any atom is 0.148 e. The lowest BCUT2D eigenvalue weighted by atomic mass is 10.1. The molecule has 19 heavy (non-hydrogen) atoms. The Labute approximate surface area is 118 Å². The fraction of sp³-hybridized carbons (Fsp3) is 0.429. The first-order chi connectivity index (χ1) is 9.11. The van der Waals surface area contributed by atoms with Crippen LogP contribution in [-0.4, -0.2) is 21.3 Å². The van der Waals surface area contributed by atoms with Gasteiger partial charge in [-0.2, -0.15) is 5.10 Å². The van der Waals surface area contributed by atoms with Crippen molar-refractivity contribution in [3.05, 3.63) is 40.4 Å². The van der Waals surface area contributed by atoms with Gasteiger partial charge in [0.25, 0.3) is 0 Å². The summed E-state index contributed by atoms with van der Waals surface area (Å²) in [5, 5.41) is 8.54. The first-order valence-electron chi connectivity index (χ1n) is 6.51. The Kier molecular flexibility index (Phi) is 4.56. The Balaban J connectivity index is 2.37. The first kappa shape index (κ1) is 14.0. The molecule has 4 nitrogen and oxygen atoms in total. The van der Waals surface area contributed by atoms with Crippen LogP contribution in [0.15, 0.2) is 18.2 Å². The van der Waals surface area contributed by atoms with E-state index in [-0.39, 0.29) is 0 Å². The minimum Gasteiger partial charge on any atom is -0.313 e. The predicted molar refractivity (Wildman–Crippen MR) is 77.8 cm³/mol. The van der Waals surface area contributed by atoms with Crippen LogP contribution in [0.25, 0.3) is 5.69 Å². The van der Waals surface area contributed by atoms with Crippen molar-refractivity contribution in [3.8, 4) is 5.69 Å². The van der Waals surface area contributed by atoms with E-state index in [1.54, 1.807) is 0 Å². The molecule has 0 unspecified atom stereocenters. The average Bonchev–Trinajstić information content (AvgIpc) is 2.70. The number of rotatable bonds is 5. The van der Waals surface area contributed by atoms with Gasteiger partial charge >= 0.3 is 0 Å². The van der Waals surface area contributed by atoms with Crippen LogP contribution in [0.5, 0.6) is 0 Å². The SMILES string of the molecule is CCCNCc1ccc(Cl)cc1-n1nc(C)nc1C. The van der Waals surface area contributed by atoms with Gasteiger partial charge in [0.2, 0.25) is 0 Å². The van der Waals surface area contributed by atoms with E-state index in [1.807, 2.05) is 36.7 Å². The number of aromatic nitrogens is 3. The van der Waals surface area contributed by atoms with Gasteiger partial charge in [-0.05, 0) is 44.5 Å². The van der Waals surface area contributed by atoms with Crippen LogP contribution in [0.1, 0.15) is 30.6 Å². The zero-order chi connectivity index (χ0) is 13.8. The summed E-state index contributed by atoms with van der Waals surface area (Å²) in [6.07, 6.45) is 1.12. The van der Waals surface area contributed by atoms with E-state index >= 15 is 0 Å². The van der Waals surface area contributed by atoms with Gasteiger partial charge in [0.1, 0.15) is 11.6 Å². The maximum absolute atomic E-state index is 6.11. The van der Waals surface area contributed by atoms with Gasteiger partial charge in [0.05, 0.1) is 5.69 Å². The lowest BCUT2D eigenvalue weighted by molar-refractivity contribution is 0.669. The van der Waals surface area contributed by atoms with Gasteiger partial charge in [-0.25, -0.2) is 9.67 Å². The molecule has 0 radical (unpaired) electrons. The summed E-state index contributed by atoms with van der Waals surface area (Å²) >= 11 is 6.11. The summed E-state index contributed by atoms with van der Waals surface area (Å²) in [4.78, 5) is 4.34. The molecule has 0 spiro atoms. The quantitative estimate of drug-likeness (QED) is 0.855. The molecule has 1 aromatic heterocycles. The van der Waals surface area contributed by atoms with Gasteiger partial charge < -0.3 is 5.32 Å². The molecule has 102 valence electrons. The van der Waals surface area contributed by atoms with Crippen molar-refractivity contribution in [1.82, 2.24) is 20.1 Å². The molecule has 2 rings (SSSR count). The van der Waals surface area contributed by atoms with Crippen molar-refractivity contribution < 1.29 is 0 Å². The topological polar surface area (TPSA) is 42.7 Å². The highest BCUT2D eigenvalue weighted by Crippen LogP contribution is 2.20. The summed E-state index contributed by atoms with van der Waals surface area (Å²) in [7, 11) is 0. The lowest BCUT2D eigenvalue weighted by Crippen LogP contribution is -2.16. The molecule has 0 aliphatic rings. The Bertz CT molecular complexity index is 563. The summed E-state index contributed by atoms with van der Waals surface area (Å²) in [6, 6.07) is 5.88. The second-order valence-corrected chi connectivity index (χ2v) is 5.00. The van der Waals surface area contributed by atoms with Crippen LogP contribution in [-0.2, 0) is 6.54 Å². The van der Waals surface area contributed by atoms with E-state index in [2.05, 4.69) is 22.3 Å². The molecule has 0 atom stereocenters. The van der Waals surface area contributed by atoms with Crippen LogP contribution in [0.3, 0.4) is 0 Å². The van der Waals surface area contributed by atoms with E-state index in [4.69, 9.17) is 11.6 Å². The number of hydrogen-bond acceptors (Lipinski definition) is 3. The average molecular weight is 279 g/mol. The van der Waals surface area contributed by atoms with E-state index in [0.29, 0.717) is 5.02 Å². The van der Waals surface area contributed by atoms with Crippen LogP contribution in [0.4, 0.5) is 0 Å². The number of benzene rings is 1. The van der Waals surface area contributed by atoms with Crippen LogP contribution in [0.2, 0.25) is 5.02 Å². The van der Waals surface area contributed by atoms with Crippen LogP contribution in [0, 0.1) is 13.8 Å². The molecular formula is C14H19ClN4. The number of halogens is 1. The number of hydrogen-bond donors (Lipinski definition) is 1. The van der Waals surface area contributed by atoms with Gasteiger partial charge in [0, 0.05) is 11.6 Å². The van der Waals surface area contributed by atoms with Crippen molar-refractivity contribution in [2.75, 3.05) is 6.54 Å². The molecule has 0 saturated carbocycles. The van der Waals surface area contributed by atoms with Crippen LogP contribution >= 0.6 is 11.6 Å². The van der Waals surface area contributed by atoms with Gasteiger partial charge in [-0.15, -0.1) is 0 Å². The van der Waals surface area contributed by atoms with Gasteiger partial charge in [-0.1, -0.05) is 24.6 Å². The molecule has 1 heterocycles. The maximum atomic E-state index is 6.11. The zero-order valence-electron chi connectivity index (χ0n) is 11.6. The van der Waals surface area contributed by atoms with E-state index in [1.165, 1.54) is 5.56 Å². The van der Waals surface area contributed by atoms with Crippen molar-refractivity contribution in [2.24, 2.45) is 0 Å². The molecular weight excluding hydrogens is 260 g/mol. The number of nitrogens with zero attached hydrogens (tertiary/aromatic N) is 3. The summed E-state index contributed by atoms with van der Waals surface area (Å²) in [5.41, 5.74) is 2.17. The van der Waals surface area contributed by atoms with E-state index in [0.717, 1.165) is 36.8 Å². The van der Waals surface area contributed by atoms with E-state index in [9.17, 15) is 0 Å². The monoisotopic (exact) mass is 278 g/mol. The Hall–Kier alpha value is -1.39. The van der Waals surface area contributed by atoms with Crippen molar-refractivity contribution in [1.29, 1.82) is 0 Å². The molecule has 0 saturated heterocycles. The summed E-state index contributed by atoms with van der Waals surface area (Å²) < 4.78 is 1.85. The van der Waals surface area contributed by atoms with Crippen molar-refractivity contribution in [2.45, 2.75) is 33.7 Å². The van der Waals surface area contributed by atoms with Crippen molar-refractivity contribution >= 4 is 11.6 Å². The molecule has 0 amide bonds. The second-order valence-electron chi connectivity index (χ2n) is 4.57. The highest BCUT2D eigenvalue weighted by Gasteiger charge is 2.10. The highest BCUT2D eigenvalue weighted by atomic mass is 35.5. The molecule has 1 aromatic carbocycles. The largest absolute Gasteiger partial charge is 0.313 e. The van der Waals surface area contributed by atoms with Gasteiger partial charge in [0.15, 0.2) is 0 Å². The van der Waals surface area contributed by atoms with Gasteiger partial charge in [-0.3, -0.25) is 0 Å². The smallest absolute Gasteiger partial charge is 0.148 e. The fourth-order valence-corrected chi connectivity index (χ4v) is 2.20. The lowest BCUT2D eigenvalue weighted by Gasteiger charge is -2.11. The first-order valence-corrected chi connectivity index (χ1v) is 6.89. The van der Waals surface area contributed by atoms with Crippen LogP contribution < -0.4 is 5.32 Å². The number of nitrogens with one attached hydrogen (secondary N) is 1. The Morgan fingerprint density at radius 1 is 1.32 bits per heavy atom. The third-order valence-corrected chi connectivity index (χ3v) is 3.13. The predicted octanol–water partition coefficient (Wildman–Crippen LogP) is 3.04. The summed E-state index contributed by atoms with van der Waals surface area (Å²) in [6.45, 7) is 7.80. The molecule has 0 fully saturated rings. The van der Waals surface area contributed by atoms with E-state index < -0.39 is 0 Å². The van der Waals surface area contributed by atoms with Crippen molar-refractivity contribution in [3.63, 3.8) is 0 Å². The minimum absolute atomic E-state index is 0.710. The molecule has 1 N–H and O–H groups in total. The fourth-order valence-electron chi connectivity index (χ4n) is 2.03. The standard InChI is InChI=1S/C14H19ClN4/c1-4-7-16-9-12-5-6-13(15)8-14(12)19-11(3)17-10(2)18-19/h5-6,8,16H,4,7,9H2,1-3H3.